The molecule has 1 aromatic carbocycles. The highest BCUT2D eigenvalue weighted by atomic mass is 16.5. The number of aromatic amines is 1. The molecule has 1 aromatic heterocycles. The predicted molar refractivity (Wildman–Crippen MR) is 99.9 cm³/mol. The summed E-state index contributed by atoms with van der Waals surface area (Å²) in [7, 11) is 0. The van der Waals surface area contributed by atoms with Crippen molar-refractivity contribution in [3.63, 3.8) is 0 Å². The second-order valence-electron chi connectivity index (χ2n) is 7.41. The number of likely N-dealkylation sites (tertiary alicyclic amines) is 1. The van der Waals surface area contributed by atoms with Crippen molar-refractivity contribution >= 4 is 16.9 Å². The number of aromatic nitrogens is 2. The highest BCUT2D eigenvalue weighted by molar-refractivity contribution is 6.04. The van der Waals surface area contributed by atoms with Gasteiger partial charge >= 0.3 is 0 Å². The first-order chi connectivity index (χ1) is 12.4. The van der Waals surface area contributed by atoms with Crippen LogP contribution in [0.5, 0.6) is 0 Å². The number of benzene rings is 1. The highest BCUT2D eigenvalue weighted by Gasteiger charge is 2.22. The maximum atomic E-state index is 12.6. The summed E-state index contributed by atoms with van der Waals surface area (Å²) in [5.74, 6) is 1.49. The molecule has 0 atom stereocenters. The smallest absolute Gasteiger partial charge is 0.253 e. The topological polar surface area (TPSA) is 101 Å². The van der Waals surface area contributed by atoms with Gasteiger partial charge in [0.1, 0.15) is 11.3 Å². The summed E-state index contributed by atoms with van der Waals surface area (Å²) in [5.41, 5.74) is 2.21. The van der Waals surface area contributed by atoms with Crippen molar-refractivity contribution in [2.24, 2.45) is 5.92 Å². The van der Waals surface area contributed by atoms with Gasteiger partial charge in [0.25, 0.3) is 5.91 Å². The van der Waals surface area contributed by atoms with Crippen molar-refractivity contribution in [3.05, 3.63) is 29.6 Å². The van der Waals surface area contributed by atoms with E-state index in [0.29, 0.717) is 24.6 Å². The summed E-state index contributed by atoms with van der Waals surface area (Å²) in [4.78, 5) is 22.6. The van der Waals surface area contributed by atoms with Gasteiger partial charge in [0.2, 0.25) is 0 Å². The number of para-hydroxylation sites is 1. The molecular weight excluding hydrogens is 332 g/mol. The van der Waals surface area contributed by atoms with E-state index in [1.54, 1.807) is 0 Å². The Hall–Kier alpha value is -1.96. The van der Waals surface area contributed by atoms with Gasteiger partial charge in [-0.15, -0.1) is 0 Å². The molecular formula is C19H28N4O3. The number of β-amino-alcohol motifs (C(OH)–C–C–N with tert-alkyl or cyclic N) is 2. The highest BCUT2D eigenvalue weighted by Crippen LogP contribution is 2.21. The summed E-state index contributed by atoms with van der Waals surface area (Å²) < 4.78 is 0. The van der Waals surface area contributed by atoms with E-state index in [-0.39, 0.29) is 11.8 Å². The average molecular weight is 360 g/mol. The third-order valence-corrected chi connectivity index (χ3v) is 5.00. The van der Waals surface area contributed by atoms with E-state index < -0.39 is 6.29 Å². The minimum Gasteiger partial charge on any atom is -0.367 e. The molecule has 26 heavy (non-hydrogen) atoms. The van der Waals surface area contributed by atoms with Gasteiger partial charge in [-0.3, -0.25) is 9.69 Å². The lowest BCUT2D eigenvalue weighted by Gasteiger charge is -2.32. The van der Waals surface area contributed by atoms with Crippen LogP contribution in [-0.4, -0.2) is 63.5 Å². The second kappa shape index (κ2) is 8.16. The van der Waals surface area contributed by atoms with Crippen molar-refractivity contribution in [1.82, 2.24) is 20.2 Å². The number of aliphatic hydroxyl groups excluding tert-OH is 1. The molecule has 3 rings (SSSR count). The fourth-order valence-electron chi connectivity index (χ4n) is 3.44. The van der Waals surface area contributed by atoms with Gasteiger partial charge < -0.3 is 20.5 Å². The Morgan fingerprint density at radius 2 is 2.08 bits per heavy atom. The van der Waals surface area contributed by atoms with E-state index in [2.05, 4.69) is 29.1 Å². The molecule has 7 nitrogen and oxygen atoms in total. The van der Waals surface area contributed by atoms with Gasteiger partial charge in [-0.25, -0.2) is 4.98 Å². The van der Waals surface area contributed by atoms with Crippen LogP contribution in [0.1, 0.15) is 48.8 Å². The van der Waals surface area contributed by atoms with Crippen LogP contribution in [0.4, 0.5) is 0 Å². The molecule has 1 aliphatic heterocycles. The van der Waals surface area contributed by atoms with E-state index in [9.17, 15) is 4.79 Å². The Kier molecular flexibility index (Phi) is 5.90. The number of hydrogen-bond donors (Lipinski definition) is 4. The molecule has 142 valence electrons. The summed E-state index contributed by atoms with van der Waals surface area (Å²) in [6.07, 6.45) is 0.602. The lowest BCUT2D eigenvalue weighted by Crippen LogP contribution is -2.41. The minimum atomic E-state index is -1.28. The zero-order chi connectivity index (χ0) is 18.7. The first kappa shape index (κ1) is 18.8. The van der Waals surface area contributed by atoms with Gasteiger partial charge in [0.15, 0.2) is 6.29 Å². The molecule has 0 saturated carbocycles. The number of piperidine rings is 1. The monoisotopic (exact) mass is 360 g/mol. The molecule has 2 heterocycles. The van der Waals surface area contributed by atoms with Crippen LogP contribution in [0.25, 0.3) is 11.0 Å². The number of carbonyl (C=O) groups excluding carboxylic acids is 1. The first-order valence-electron chi connectivity index (χ1n) is 9.29. The minimum absolute atomic E-state index is 0.0920. The van der Waals surface area contributed by atoms with Crippen molar-refractivity contribution in [1.29, 1.82) is 0 Å². The van der Waals surface area contributed by atoms with Gasteiger partial charge in [0, 0.05) is 19.0 Å². The lowest BCUT2D eigenvalue weighted by molar-refractivity contribution is -0.0654. The number of fused-ring (bicyclic) bond motifs is 1. The van der Waals surface area contributed by atoms with Crippen LogP contribution in [0.2, 0.25) is 0 Å². The van der Waals surface area contributed by atoms with Gasteiger partial charge in [-0.1, -0.05) is 19.9 Å². The van der Waals surface area contributed by atoms with E-state index in [0.717, 1.165) is 42.8 Å². The zero-order valence-corrected chi connectivity index (χ0v) is 15.4. The fourth-order valence-corrected chi connectivity index (χ4v) is 3.44. The Bertz CT molecular complexity index is 748. The molecule has 0 spiro atoms. The van der Waals surface area contributed by atoms with Crippen LogP contribution in [0, 0.1) is 5.92 Å². The summed E-state index contributed by atoms with van der Waals surface area (Å²) in [6, 6.07) is 5.63. The van der Waals surface area contributed by atoms with Gasteiger partial charge in [-0.2, -0.15) is 0 Å². The number of amides is 1. The first-order valence-corrected chi connectivity index (χ1v) is 9.29. The summed E-state index contributed by atoms with van der Waals surface area (Å²) >= 11 is 0. The van der Waals surface area contributed by atoms with Crippen LogP contribution in [-0.2, 0) is 0 Å². The van der Waals surface area contributed by atoms with Crippen LogP contribution in [0.15, 0.2) is 18.2 Å². The van der Waals surface area contributed by atoms with Gasteiger partial charge in [-0.05, 0) is 44.0 Å². The number of aliphatic hydroxyl groups is 2. The molecule has 1 amide bonds. The Balaban J connectivity index is 1.58. The van der Waals surface area contributed by atoms with Crippen molar-refractivity contribution in [2.75, 3.05) is 26.2 Å². The number of rotatable bonds is 6. The van der Waals surface area contributed by atoms with E-state index in [1.165, 1.54) is 0 Å². The van der Waals surface area contributed by atoms with E-state index in [4.69, 9.17) is 10.2 Å². The van der Waals surface area contributed by atoms with Crippen molar-refractivity contribution in [2.45, 2.75) is 38.9 Å². The molecule has 0 bridgehead atoms. The van der Waals surface area contributed by atoms with Gasteiger partial charge in [0.05, 0.1) is 11.1 Å². The van der Waals surface area contributed by atoms with Crippen molar-refractivity contribution < 1.29 is 15.0 Å². The largest absolute Gasteiger partial charge is 0.367 e. The molecule has 0 radical (unpaired) electrons. The molecule has 1 aliphatic rings. The molecule has 1 saturated heterocycles. The molecule has 0 unspecified atom stereocenters. The molecule has 0 aliphatic carbocycles. The third kappa shape index (κ3) is 4.41. The SMILES string of the molecule is CC(C)c1nc2c(C(=O)NCC3CCN(CC(O)O)CC3)cccc2[nH]1. The molecule has 4 N–H and O–H groups in total. The molecule has 7 heteroatoms. The quantitative estimate of drug-likeness (QED) is 0.584. The Labute approximate surface area is 153 Å². The standard InChI is InChI=1S/C19H28N4O3/c1-12(2)18-21-15-5-3-4-14(17(15)22-18)19(26)20-10-13-6-8-23(9-7-13)11-16(24)25/h3-5,12-13,16,24-25H,6-11H2,1-2H3,(H,20,26)(H,21,22). The number of imidazole rings is 1. The molecule has 1 fully saturated rings. The number of nitrogens with one attached hydrogen (secondary N) is 2. The van der Waals surface area contributed by atoms with Crippen molar-refractivity contribution in [3.8, 4) is 0 Å². The number of carbonyl (C=O) groups is 1. The fraction of sp³-hybridized carbons (Fsp3) is 0.579. The second-order valence-corrected chi connectivity index (χ2v) is 7.41. The third-order valence-electron chi connectivity index (χ3n) is 5.00. The molecule has 2 aromatic rings. The Morgan fingerprint density at radius 1 is 1.35 bits per heavy atom. The lowest BCUT2D eigenvalue weighted by atomic mass is 9.96. The van der Waals surface area contributed by atoms with Crippen LogP contribution >= 0.6 is 0 Å². The number of nitrogens with zero attached hydrogens (tertiary/aromatic N) is 2. The van der Waals surface area contributed by atoms with E-state index >= 15 is 0 Å². The average Bonchev–Trinajstić information content (AvgIpc) is 3.05. The van der Waals surface area contributed by atoms with Crippen LogP contribution < -0.4 is 5.32 Å². The van der Waals surface area contributed by atoms with Crippen LogP contribution in [0.3, 0.4) is 0 Å². The predicted octanol–water partition coefficient (Wildman–Crippen LogP) is 1.44. The zero-order valence-electron chi connectivity index (χ0n) is 15.4. The summed E-state index contributed by atoms with van der Waals surface area (Å²) in [6.45, 7) is 6.71. The van der Waals surface area contributed by atoms with E-state index in [1.807, 2.05) is 23.1 Å². The maximum Gasteiger partial charge on any atom is 0.253 e. The maximum absolute atomic E-state index is 12.6. The summed E-state index contributed by atoms with van der Waals surface area (Å²) in [5, 5.41) is 21.1. The number of hydrogen-bond acceptors (Lipinski definition) is 5. The normalized spacial score (nSPS) is 16.7. The Morgan fingerprint density at radius 3 is 2.73 bits per heavy atom. The number of H-pyrrole nitrogens is 1.